The summed E-state index contributed by atoms with van der Waals surface area (Å²) in [4.78, 5) is 11.5. The molecule has 0 aliphatic carbocycles. The van der Waals surface area contributed by atoms with E-state index >= 15 is 0 Å². The Morgan fingerprint density at radius 3 is 2.91 bits per heavy atom. The van der Waals surface area contributed by atoms with Crippen LogP contribution in [-0.4, -0.2) is 45.0 Å². The molecule has 0 saturated carbocycles. The van der Waals surface area contributed by atoms with Crippen molar-refractivity contribution in [3.8, 4) is 5.75 Å². The zero-order valence-electron chi connectivity index (χ0n) is 13.5. The smallest absolute Gasteiger partial charge is 0.167 e. The van der Waals surface area contributed by atoms with Gasteiger partial charge in [-0.3, -0.25) is 9.30 Å². The lowest BCUT2D eigenvalue weighted by molar-refractivity contribution is 0.125. The summed E-state index contributed by atoms with van der Waals surface area (Å²) in [5, 5.41) is 0. The third-order valence-electron chi connectivity index (χ3n) is 4.70. The van der Waals surface area contributed by atoms with Gasteiger partial charge in [0.15, 0.2) is 5.65 Å². The maximum Gasteiger partial charge on any atom is 0.167 e. The van der Waals surface area contributed by atoms with E-state index in [1.165, 1.54) is 32.4 Å². The van der Waals surface area contributed by atoms with Crippen molar-refractivity contribution in [2.45, 2.75) is 32.2 Å². The molecule has 5 heteroatoms. The first-order valence-corrected chi connectivity index (χ1v) is 8.40. The molecule has 1 saturated heterocycles. The molecule has 0 radical (unpaired) electrons. The molecule has 120 valence electrons. The lowest BCUT2D eigenvalue weighted by Crippen LogP contribution is -2.40. The molecule has 1 atom stereocenters. The van der Waals surface area contributed by atoms with Gasteiger partial charge in [-0.1, -0.05) is 6.42 Å². The van der Waals surface area contributed by atoms with Crippen LogP contribution in [0.4, 0.5) is 0 Å². The fraction of sp³-hybridized carbons (Fsp3) is 0.444. The summed E-state index contributed by atoms with van der Waals surface area (Å²) >= 11 is 0. The van der Waals surface area contributed by atoms with Gasteiger partial charge in [0.05, 0.1) is 11.7 Å². The Morgan fingerprint density at radius 1 is 1.17 bits per heavy atom. The molecule has 0 N–H and O–H groups in total. The largest absolute Gasteiger partial charge is 0.489 e. The minimum atomic E-state index is 0.425. The Labute approximate surface area is 135 Å². The number of nitrogens with zero attached hydrogens (tertiary/aromatic N) is 4. The van der Waals surface area contributed by atoms with Crippen LogP contribution in [0.25, 0.3) is 16.7 Å². The summed E-state index contributed by atoms with van der Waals surface area (Å²) in [6.07, 6.45) is 9.63. The van der Waals surface area contributed by atoms with E-state index in [2.05, 4.69) is 21.8 Å². The molecular weight excluding hydrogens is 288 g/mol. The van der Waals surface area contributed by atoms with Crippen LogP contribution in [0.5, 0.6) is 5.75 Å². The molecule has 0 spiro atoms. The van der Waals surface area contributed by atoms with Crippen LogP contribution in [0.15, 0.2) is 36.8 Å². The quantitative estimate of drug-likeness (QED) is 0.742. The monoisotopic (exact) mass is 310 g/mol. The second kappa shape index (κ2) is 6.16. The summed E-state index contributed by atoms with van der Waals surface area (Å²) in [7, 11) is 0. The minimum absolute atomic E-state index is 0.425. The van der Waals surface area contributed by atoms with Crippen molar-refractivity contribution in [2.75, 3.05) is 19.7 Å². The number of likely N-dealkylation sites (tertiary alicyclic amines) is 1. The average molecular weight is 310 g/mol. The number of hydrogen-bond donors (Lipinski definition) is 0. The highest BCUT2D eigenvalue weighted by Gasteiger charge is 2.18. The van der Waals surface area contributed by atoms with Gasteiger partial charge in [-0.15, -0.1) is 0 Å². The van der Waals surface area contributed by atoms with Crippen molar-refractivity contribution in [3.63, 3.8) is 0 Å². The number of aromatic nitrogens is 3. The molecule has 3 aromatic rings. The summed E-state index contributed by atoms with van der Waals surface area (Å²) in [5.41, 5.74) is 2.71. The highest BCUT2D eigenvalue weighted by molar-refractivity contribution is 5.80. The van der Waals surface area contributed by atoms with Crippen molar-refractivity contribution in [1.82, 2.24) is 19.3 Å². The summed E-state index contributed by atoms with van der Waals surface area (Å²) in [6.45, 7) is 5.30. The van der Waals surface area contributed by atoms with E-state index in [9.17, 15) is 0 Å². The Bertz CT molecular complexity index is 807. The van der Waals surface area contributed by atoms with Crippen LogP contribution in [0.2, 0.25) is 0 Å². The Kier molecular flexibility index (Phi) is 3.87. The molecule has 0 aromatic carbocycles. The standard InChI is InChI=1S/C18H22N4O/c1-14(21-9-3-2-4-10-21)13-23-16-7-8-19-18-17(16)20-12-15-6-5-11-22(15)18/h5-8,11-12,14H,2-4,9-10,13H2,1H3. The molecule has 3 aromatic heterocycles. The molecule has 4 heterocycles. The maximum atomic E-state index is 6.10. The molecule has 1 unspecified atom stereocenters. The average Bonchev–Trinajstić information content (AvgIpc) is 3.09. The van der Waals surface area contributed by atoms with E-state index < -0.39 is 0 Å². The van der Waals surface area contributed by atoms with E-state index in [1.54, 1.807) is 6.20 Å². The summed E-state index contributed by atoms with van der Waals surface area (Å²) < 4.78 is 8.15. The SMILES string of the molecule is CC(COc1ccnc2c1ncc1cccn12)N1CCCCC1. The first-order valence-electron chi connectivity index (χ1n) is 8.40. The number of hydrogen-bond acceptors (Lipinski definition) is 4. The second-order valence-electron chi connectivity index (χ2n) is 6.30. The molecular formula is C18H22N4O. The zero-order chi connectivity index (χ0) is 15.6. The van der Waals surface area contributed by atoms with Crippen molar-refractivity contribution < 1.29 is 4.74 Å². The first-order chi connectivity index (χ1) is 11.3. The van der Waals surface area contributed by atoms with Gasteiger partial charge in [0.25, 0.3) is 0 Å². The zero-order valence-corrected chi connectivity index (χ0v) is 13.5. The predicted octanol–water partition coefficient (Wildman–Crippen LogP) is 3.14. The van der Waals surface area contributed by atoms with Crippen LogP contribution >= 0.6 is 0 Å². The van der Waals surface area contributed by atoms with E-state index in [0.717, 1.165) is 22.4 Å². The molecule has 1 aliphatic rings. The lowest BCUT2D eigenvalue weighted by Gasteiger charge is -2.32. The van der Waals surface area contributed by atoms with Gasteiger partial charge in [-0.2, -0.15) is 0 Å². The number of ether oxygens (including phenoxy) is 1. The lowest BCUT2D eigenvalue weighted by atomic mass is 10.1. The van der Waals surface area contributed by atoms with Gasteiger partial charge in [0.1, 0.15) is 17.9 Å². The Hall–Kier alpha value is -2.14. The number of pyridine rings is 1. The summed E-state index contributed by atoms with van der Waals surface area (Å²) in [6, 6.07) is 6.37. The molecule has 0 amide bonds. The first kappa shape index (κ1) is 14.5. The normalized spacial score (nSPS) is 17.6. The van der Waals surface area contributed by atoms with E-state index in [4.69, 9.17) is 4.74 Å². The van der Waals surface area contributed by atoms with Crippen LogP contribution in [0.3, 0.4) is 0 Å². The molecule has 1 fully saturated rings. The van der Waals surface area contributed by atoms with E-state index in [0.29, 0.717) is 12.6 Å². The molecule has 5 nitrogen and oxygen atoms in total. The molecule has 1 aliphatic heterocycles. The molecule has 0 bridgehead atoms. The van der Waals surface area contributed by atoms with Crippen molar-refractivity contribution >= 4 is 16.7 Å². The highest BCUT2D eigenvalue weighted by atomic mass is 16.5. The molecule has 4 rings (SSSR count). The number of rotatable bonds is 4. The van der Waals surface area contributed by atoms with Crippen molar-refractivity contribution in [3.05, 3.63) is 36.8 Å². The van der Waals surface area contributed by atoms with Crippen molar-refractivity contribution in [1.29, 1.82) is 0 Å². The Balaban J connectivity index is 1.56. The van der Waals surface area contributed by atoms with Gasteiger partial charge in [0.2, 0.25) is 0 Å². The number of fused-ring (bicyclic) bond motifs is 3. The van der Waals surface area contributed by atoms with Crippen LogP contribution in [-0.2, 0) is 0 Å². The highest BCUT2D eigenvalue weighted by Crippen LogP contribution is 2.23. The van der Waals surface area contributed by atoms with Gasteiger partial charge >= 0.3 is 0 Å². The minimum Gasteiger partial charge on any atom is -0.489 e. The third-order valence-corrected chi connectivity index (χ3v) is 4.70. The van der Waals surface area contributed by atoms with Gasteiger partial charge in [-0.25, -0.2) is 9.97 Å². The fourth-order valence-electron chi connectivity index (χ4n) is 3.34. The topological polar surface area (TPSA) is 42.7 Å². The second-order valence-corrected chi connectivity index (χ2v) is 6.30. The van der Waals surface area contributed by atoms with Crippen LogP contribution in [0.1, 0.15) is 26.2 Å². The van der Waals surface area contributed by atoms with E-state index in [-0.39, 0.29) is 0 Å². The van der Waals surface area contributed by atoms with Crippen LogP contribution < -0.4 is 4.74 Å². The van der Waals surface area contributed by atoms with Gasteiger partial charge in [-0.05, 0) is 45.0 Å². The molecule has 23 heavy (non-hydrogen) atoms. The van der Waals surface area contributed by atoms with Gasteiger partial charge in [0, 0.05) is 24.5 Å². The fourth-order valence-corrected chi connectivity index (χ4v) is 3.34. The Morgan fingerprint density at radius 2 is 2.04 bits per heavy atom. The predicted molar refractivity (Wildman–Crippen MR) is 90.9 cm³/mol. The van der Waals surface area contributed by atoms with E-state index in [1.807, 2.05) is 35.0 Å². The van der Waals surface area contributed by atoms with Crippen molar-refractivity contribution in [2.24, 2.45) is 0 Å². The summed E-state index contributed by atoms with van der Waals surface area (Å²) in [5.74, 6) is 0.814. The maximum absolute atomic E-state index is 6.10. The van der Waals surface area contributed by atoms with Crippen LogP contribution in [0, 0.1) is 0 Å². The number of piperidine rings is 1. The third kappa shape index (κ3) is 2.77. The van der Waals surface area contributed by atoms with Gasteiger partial charge < -0.3 is 4.74 Å².